The number of aliphatic carboxylic acids is 2. The molecule has 2 N–H and O–H groups in total. The average molecular weight is 280 g/mol. The van der Waals surface area contributed by atoms with Crippen LogP contribution in [0.5, 0.6) is 0 Å². The van der Waals surface area contributed by atoms with E-state index in [0.717, 1.165) is 13.1 Å². The molecule has 104 valence electrons. The van der Waals surface area contributed by atoms with E-state index < -0.39 is 11.9 Å². The van der Waals surface area contributed by atoms with Crippen molar-refractivity contribution in [3.8, 4) is 0 Å². The standard InChI is InChI=1S/C11H17NO5.ClH/c1-8(10(13)14)9(11(15)16)2-3-12-4-6-17-7-5-12;/h2-7H2,1H3,(H,13,14)(H,15,16);1H/b9-8+;. The number of hydrogen-bond donors (Lipinski definition) is 2. The smallest absolute Gasteiger partial charge is 0.332 e. The van der Waals surface area contributed by atoms with E-state index in [-0.39, 0.29) is 30.0 Å². The summed E-state index contributed by atoms with van der Waals surface area (Å²) >= 11 is 0. The van der Waals surface area contributed by atoms with Crippen LogP contribution in [0, 0.1) is 0 Å². The van der Waals surface area contributed by atoms with Gasteiger partial charge in [-0.25, -0.2) is 9.59 Å². The van der Waals surface area contributed by atoms with Gasteiger partial charge in [0, 0.05) is 30.8 Å². The number of hydrogen-bond acceptors (Lipinski definition) is 4. The van der Waals surface area contributed by atoms with E-state index in [2.05, 4.69) is 4.90 Å². The van der Waals surface area contributed by atoms with Crippen molar-refractivity contribution in [1.82, 2.24) is 4.90 Å². The molecule has 1 aliphatic heterocycles. The minimum Gasteiger partial charge on any atom is -0.478 e. The highest BCUT2D eigenvalue weighted by molar-refractivity contribution is 5.98. The van der Waals surface area contributed by atoms with E-state index in [9.17, 15) is 9.59 Å². The van der Waals surface area contributed by atoms with Crippen LogP contribution < -0.4 is 0 Å². The Morgan fingerprint density at radius 3 is 2.17 bits per heavy atom. The van der Waals surface area contributed by atoms with Crippen molar-refractivity contribution in [2.24, 2.45) is 0 Å². The predicted molar refractivity (Wildman–Crippen MR) is 67.1 cm³/mol. The van der Waals surface area contributed by atoms with Crippen LogP contribution in [0.3, 0.4) is 0 Å². The molecule has 0 atom stereocenters. The lowest BCUT2D eigenvalue weighted by Crippen LogP contribution is -2.37. The molecule has 0 aromatic carbocycles. The first kappa shape index (κ1) is 16.9. The molecule has 1 rings (SSSR count). The summed E-state index contributed by atoms with van der Waals surface area (Å²) in [6.07, 6.45) is 0.244. The minimum atomic E-state index is -1.18. The van der Waals surface area contributed by atoms with E-state index >= 15 is 0 Å². The fourth-order valence-corrected chi connectivity index (χ4v) is 1.68. The first-order valence-electron chi connectivity index (χ1n) is 5.49. The summed E-state index contributed by atoms with van der Waals surface area (Å²) in [4.78, 5) is 23.8. The maximum atomic E-state index is 11.0. The van der Waals surface area contributed by atoms with E-state index in [4.69, 9.17) is 14.9 Å². The van der Waals surface area contributed by atoms with E-state index in [1.165, 1.54) is 6.92 Å². The first-order chi connectivity index (χ1) is 8.02. The summed E-state index contributed by atoms with van der Waals surface area (Å²) in [7, 11) is 0. The van der Waals surface area contributed by atoms with Gasteiger partial charge in [-0.15, -0.1) is 12.4 Å². The molecule has 0 spiro atoms. The minimum absolute atomic E-state index is 0. The Kier molecular flexibility index (Phi) is 7.58. The molecular weight excluding hydrogens is 262 g/mol. The molecule has 0 aromatic rings. The van der Waals surface area contributed by atoms with Crippen LogP contribution in [-0.4, -0.2) is 59.9 Å². The molecule has 0 aromatic heterocycles. The van der Waals surface area contributed by atoms with Gasteiger partial charge in [-0.3, -0.25) is 4.90 Å². The fourth-order valence-electron chi connectivity index (χ4n) is 1.68. The summed E-state index contributed by atoms with van der Waals surface area (Å²) in [6, 6.07) is 0. The fraction of sp³-hybridized carbons (Fsp3) is 0.636. The van der Waals surface area contributed by atoms with Gasteiger partial charge in [0.15, 0.2) is 0 Å². The molecule has 0 amide bonds. The number of carbonyl (C=O) groups is 2. The number of halogens is 1. The van der Waals surface area contributed by atoms with Gasteiger partial charge in [0.2, 0.25) is 0 Å². The Labute approximate surface area is 112 Å². The second kappa shape index (κ2) is 8.07. The van der Waals surface area contributed by atoms with Gasteiger partial charge in [0.05, 0.1) is 13.2 Å². The molecule has 0 aliphatic carbocycles. The number of morpholine rings is 1. The molecule has 1 heterocycles. The maximum absolute atomic E-state index is 11.0. The molecular formula is C11H18ClNO5. The number of nitrogens with zero attached hydrogens (tertiary/aromatic N) is 1. The molecule has 7 heteroatoms. The van der Waals surface area contributed by atoms with E-state index in [1.807, 2.05) is 0 Å². The number of carboxylic acid groups (broad SMARTS) is 2. The highest BCUT2D eigenvalue weighted by atomic mass is 35.5. The number of ether oxygens (including phenoxy) is 1. The topological polar surface area (TPSA) is 87.1 Å². The largest absolute Gasteiger partial charge is 0.478 e. The third kappa shape index (κ3) is 5.03. The normalized spacial score (nSPS) is 17.6. The second-order valence-corrected chi connectivity index (χ2v) is 3.92. The SMILES string of the molecule is C/C(C(=O)O)=C(/CCN1CCOCC1)C(=O)O.Cl. The highest BCUT2D eigenvalue weighted by Crippen LogP contribution is 2.11. The van der Waals surface area contributed by atoms with Crippen LogP contribution in [0.25, 0.3) is 0 Å². The highest BCUT2D eigenvalue weighted by Gasteiger charge is 2.18. The summed E-state index contributed by atoms with van der Waals surface area (Å²) in [5.41, 5.74) is -0.116. The van der Waals surface area contributed by atoms with Crippen LogP contribution in [0.4, 0.5) is 0 Å². The summed E-state index contributed by atoms with van der Waals surface area (Å²) in [5.74, 6) is -2.33. The van der Waals surface area contributed by atoms with Gasteiger partial charge >= 0.3 is 11.9 Å². The van der Waals surface area contributed by atoms with Gasteiger partial charge in [0.25, 0.3) is 0 Å². The lowest BCUT2D eigenvalue weighted by Gasteiger charge is -2.26. The Hall–Kier alpha value is -1.11. The van der Waals surface area contributed by atoms with Crippen molar-refractivity contribution >= 4 is 24.3 Å². The predicted octanol–water partition coefficient (Wildman–Crippen LogP) is 0.616. The van der Waals surface area contributed by atoms with Crippen LogP contribution in [0.1, 0.15) is 13.3 Å². The van der Waals surface area contributed by atoms with Crippen molar-refractivity contribution in [1.29, 1.82) is 0 Å². The molecule has 18 heavy (non-hydrogen) atoms. The van der Waals surface area contributed by atoms with Gasteiger partial charge in [-0.2, -0.15) is 0 Å². The van der Waals surface area contributed by atoms with Crippen molar-refractivity contribution in [3.05, 3.63) is 11.1 Å². The van der Waals surface area contributed by atoms with Crippen LogP contribution in [0.2, 0.25) is 0 Å². The zero-order chi connectivity index (χ0) is 12.8. The average Bonchev–Trinajstić information content (AvgIpc) is 2.29. The third-order valence-electron chi connectivity index (χ3n) is 2.81. The van der Waals surface area contributed by atoms with Crippen LogP contribution >= 0.6 is 12.4 Å². The summed E-state index contributed by atoms with van der Waals surface area (Å²) in [5, 5.41) is 17.7. The van der Waals surface area contributed by atoms with Crippen molar-refractivity contribution in [2.45, 2.75) is 13.3 Å². The van der Waals surface area contributed by atoms with Crippen LogP contribution in [-0.2, 0) is 14.3 Å². The quantitative estimate of drug-likeness (QED) is 0.717. The van der Waals surface area contributed by atoms with E-state index in [0.29, 0.717) is 19.8 Å². The Morgan fingerprint density at radius 1 is 1.17 bits per heavy atom. The molecule has 1 saturated heterocycles. The zero-order valence-electron chi connectivity index (χ0n) is 10.2. The molecule has 0 unspecified atom stereocenters. The summed E-state index contributed by atoms with van der Waals surface area (Å²) in [6.45, 7) is 4.69. The number of carboxylic acids is 2. The zero-order valence-corrected chi connectivity index (χ0v) is 11.0. The van der Waals surface area contributed by atoms with Gasteiger partial charge in [-0.1, -0.05) is 0 Å². The van der Waals surface area contributed by atoms with Crippen LogP contribution in [0.15, 0.2) is 11.1 Å². The van der Waals surface area contributed by atoms with Gasteiger partial charge < -0.3 is 14.9 Å². The first-order valence-corrected chi connectivity index (χ1v) is 5.49. The Balaban J connectivity index is 0.00000289. The lowest BCUT2D eigenvalue weighted by atomic mass is 10.1. The van der Waals surface area contributed by atoms with Gasteiger partial charge in [0.1, 0.15) is 0 Å². The molecule has 0 saturated carbocycles. The Bertz CT molecular complexity index is 336. The van der Waals surface area contributed by atoms with Crippen molar-refractivity contribution in [3.63, 3.8) is 0 Å². The monoisotopic (exact) mass is 279 g/mol. The second-order valence-electron chi connectivity index (χ2n) is 3.92. The van der Waals surface area contributed by atoms with E-state index in [1.54, 1.807) is 0 Å². The van der Waals surface area contributed by atoms with Crippen molar-refractivity contribution in [2.75, 3.05) is 32.8 Å². The molecule has 1 fully saturated rings. The molecule has 0 radical (unpaired) electrons. The maximum Gasteiger partial charge on any atom is 0.332 e. The molecule has 6 nitrogen and oxygen atoms in total. The summed E-state index contributed by atoms with van der Waals surface area (Å²) < 4.78 is 5.18. The van der Waals surface area contributed by atoms with Gasteiger partial charge in [-0.05, 0) is 13.3 Å². The number of rotatable bonds is 5. The molecule has 0 bridgehead atoms. The van der Waals surface area contributed by atoms with Crippen molar-refractivity contribution < 1.29 is 24.5 Å². The Morgan fingerprint density at radius 2 is 1.72 bits per heavy atom. The molecule has 1 aliphatic rings. The lowest BCUT2D eigenvalue weighted by molar-refractivity contribution is -0.136. The third-order valence-corrected chi connectivity index (χ3v) is 2.81.